The lowest BCUT2D eigenvalue weighted by Gasteiger charge is -2.22. The van der Waals surface area contributed by atoms with Gasteiger partial charge in [-0.05, 0) is 16.5 Å². The van der Waals surface area contributed by atoms with Gasteiger partial charge in [-0.1, -0.05) is 81.4 Å². The standard InChI is InChI=1S/C13H11N.C6H13NO2/c14-13(11-7-3-1-4-8-11)12-9-5-2-6-10-12;1-6(2,3)4(7)5(8)9/h1-10,14H;4H,7H2,1-3H3,(H,8,9). The van der Waals surface area contributed by atoms with Crippen LogP contribution in [0.2, 0.25) is 0 Å². The van der Waals surface area contributed by atoms with Crippen molar-refractivity contribution in [2.75, 3.05) is 0 Å². The molecule has 1 atom stereocenters. The summed E-state index contributed by atoms with van der Waals surface area (Å²) in [5.74, 6) is -0.942. The largest absolute Gasteiger partial charge is 0.480 e. The molecule has 0 amide bonds. The minimum atomic E-state index is -0.942. The molecule has 2 aromatic carbocycles. The Morgan fingerprint density at radius 3 is 1.52 bits per heavy atom. The SMILES string of the molecule is CC(C)(C)C(N)C(=O)O.N=C(c1ccccc1)c1ccccc1. The van der Waals surface area contributed by atoms with E-state index >= 15 is 0 Å². The Morgan fingerprint density at radius 1 is 0.957 bits per heavy atom. The Morgan fingerprint density at radius 2 is 1.30 bits per heavy atom. The van der Waals surface area contributed by atoms with Crippen molar-refractivity contribution >= 4 is 11.7 Å². The Hall–Kier alpha value is -2.46. The number of aliphatic carboxylic acids is 1. The number of hydrogen-bond donors (Lipinski definition) is 3. The molecule has 1 unspecified atom stereocenters. The monoisotopic (exact) mass is 312 g/mol. The fraction of sp³-hybridized carbons (Fsp3) is 0.263. The Labute approximate surface area is 137 Å². The van der Waals surface area contributed by atoms with Crippen molar-refractivity contribution in [3.63, 3.8) is 0 Å². The van der Waals surface area contributed by atoms with E-state index in [1.165, 1.54) is 0 Å². The minimum Gasteiger partial charge on any atom is -0.480 e. The maximum atomic E-state index is 10.2. The van der Waals surface area contributed by atoms with E-state index in [-0.39, 0.29) is 5.41 Å². The average Bonchev–Trinajstić information content (AvgIpc) is 2.54. The van der Waals surface area contributed by atoms with Gasteiger partial charge < -0.3 is 10.8 Å². The van der Waals surface area contributed by atoms with Crippen molar-refractivity contribution < 1.29 is 9.90 Å². The number of nitrogens with two attached hydrogens (primary N) is 1. The van der Waals surface area contributed by atoms with Crippen molar-refractivity contribution in [1.29, 1.82) is 5.41 Å². The van der Waals surface area contributed by atoms with E-state index < -0.39 is 12.0 Å². The maximum Gasteiger partial charge on any atom is 0.321 e. The topological polar surface area (TPSA) is 87.2 Å². The van der Waals surface area contributed by atoms with Crippen LogP contribution in [-0.2, 0) is 4.79 Å². The molecule has 0 aliphatic carbocycles. The fourth-order valence-electron chi connectivity index (χ4n) is 1.75. The van der Waals surface area contributed by atoms with Crippen molar-refractivity contribution in [1.82, 2.24) is 0 Å². The highest BCUT2D eigenvalue weighted by Crippen LogP contribution is 2.16. The van der Waals surface area contributed by atoms with Crippen LogP contribution in [0.15, 0.2) is 60.7 Å². The normalized spacial score (nSPS) is 11.8. The summed E-state index contributed by atoms with van der Waals surface area (Å²) in [6.07, 6.45) is 0. The molecule has 0 fully saturated rings. The third-order valence-electron chi connectivity index (χ3n) is 3.32. The predicted molar refractivity (Wildman–Crippen MR) is 93.9 cm³/mol. The third-order valence-corrected chi connectivity index (χ3v) is 3.32. The molecule has 0 heterocycles. The molecular weight excluding hydrogens is 288 g/mol. The Kier molecular flexibility index (Phi) is 6.66. The van der Waals surface area contributed by atoms with Gasteiger partial charge in [0.25, 0.3) is 0 Å². The third kappa shape index (κ3) is 6.04. The maximum absolute atomic E-state index is 10.2. The summed E-state index contributed by atoms with van der Waals surface area (Å²) in [5.41, 5.74) is 7.44. The first-order valence-corrected chi connectivity index (χ1v) is 7.41. The van der Waals surface area contributed by atoms with Crippen LogP contribution in [0.4, 0.5) is 0 Å². The first-order valence-electron chi connectivity index (χ1n) is 7.41. The van der Waals surface area contributed by atoms with Gasteiger partial charge in [0.1, 0.15) is 6.04 Å². The second-order valence-electron chi connectivity index (χ2n) is 6.29. The van der Waals surface area contributed by atoms with Crippen molar-refractivity contribution in [2.45, 2.75) is 26.8 Å². The lowest BCUT2D eigenvalue weighted by molar-refractivity contribution is -0.141. The zero-order valence-electron chi connectivity index (χ0n) is 13.8. The molecule has 122 valence electrons. The predicted octanol–water partition coefficient (Wildman–Crippen LogP) is 3.55. The van der Waals surface area contributed by atoms with Crippen LogP contribution >= 0.6 is 0 Å². The van der Waals surface area contributed by atoms with Gasteiger partial charge in [-0.2, -0.15) is 0 Å². The highest BCUT2D eigenvalue weighted by Gasteiger charge is 2.26. The van der Waals surface area contributed by atoms with Gasteiger partial charge in [0.2, 0.25) is 0 Å². The van der Waals surface area contributed by atoms with E-state index in [0.717, 1.165) is 11.1 Å². The van der Waals surface area contributed by atoms with E-state index in [1.807, 2.05) is 60.7 Å². The van der Waals surface area contributed by atoms with Gasteiger partial charge in [-0.3, -0.25) is 10.2 Å². The summed E-state index contributed by atoms with van der Waals surface area (Å²) in [4.78, 5) is 10.2. The lowest BCUT2D eigenvalue weighted by atomic mass is 9.88. The molecule has 23 heavy (non-hydrogen) atoms. The van der Waals surface area contributed by atoms with Crippen LogP contribution in [0, 0.1) is 10.8 Å². The molecular formula is C19H24N2O2. The molecule has 4 heteroatoms. The molecule has 2 aromatic rings. The summed E-state index contributed by atoms with van der Waals surface area (Å²) in [6, 6.07) is 18.8. The number of carbonyl (C=O) groups is 1. The van der Waals surface area contributed by atoms with E-state index in [2.05, 4.69) is 0 Å². The fourth-order valence-corrected chi connectivity index (χ4v) is 1.75. The zero-order chi connectivity index (χ0) is 17.5. The Bertz CT molecular complexity index is 590. The molecule has 4 N–H and O–H groups in total. The van der Waals surface area contributed by atoms with E-state index in [4.69, 9.17) is 16.2 Å². The number of hydrogen-bond acceptors (Lipinski definition) is 3. The first kappa shape index (κ1) is 18.6. The summed E-state index contributed by atoms with van der Waals surface area (Å²) in [6.45, 7) is 5.39. The van der Waals surface area contributed by atoms with E-state index in [0.29, 0.717) is 5.71 Å². The van der Waals surface area contributed by atoms with Gasteiger partial charge in [0.05, 0.1) is 5.71 Å². The quantitative estimate of drug-likeness (QED) is 0.757. The van der Waals surface area contributed by atoms with Crippen LogP contribution in [0.5, 0.6) is 0 Å². The lowest BCUT2D eigenvalue weighted by Crippen LogP contribution is -2.41. The number of nitrogens with one attached hydrogen (secondary N) is 1. The van der Waals surface area contributed by atoms with Crippen LogP contribution in [0.3, 0.4) is 0 Å². The second-order valence-corrected chi connectivity index (χ2v) is 6.29. The molecule has 0 saturated heterocycles. The second kappa shape index (κ2) is 8.25. The van der Waals surface area contributed by atoms with Crippen LogP contribution < -0.4 is 5.73 Å². The number of rotatable bonds is 3. The number of carboxylic acid groups (broad SMARTS) is 1. The van der Waals surface area contributed by atoms with Crippen molar-refractivity contribution in [3.05, 3.63) is 71.8 Å². The average molecular weight is 312 g/mol. The molecule has 4 nitrogen and oxygen atoms in total. The summed E-state index contributed by atoms with van der Waals surface area (Å²) >= 11 is 0. The van der Waals surface area contributed by atoms with E-state index in [1.54, 1.807) is 20.8 Å². The zero-order valence-corrected chi connectivity index (χ0v) is 13.8. The first-order chi connectivity index (χ1) is 10.7. The van der Waals surface area contributed by atoms with Gasteiger partial charge in [-0.15, -0.1) is 0 Å². The smallest absolute Gasteiger partial charge is 0.321 e. The minimum absolute atomic E-state index is 0.341. The Balaban J connectivity index is 0.000000257. The number of benzene rings is 2. The molecule has 0 radical (unpaired) electrons. The van der Waals surface area contributed by atoms with Gasteiger partial charge >= 0.3 is 5.97 Å². The van der Waals surface area contributed by atoms with Crippen molar-refractivity contribution in [2.24, 2.45) is 11.1 Å². The summed E-state index contributed by atoms with van der Waals surface area (Å²) in [7, 11) is 0. The molecule has 0 bridgehead atoms. The van der Waals surface area contributed by atoms with Crippen LogP contribution in [0.1, 0.15) is 31.9 Å². The highest BCUT2D eigenvalue weighted by molar-refractivity contribution is 6.10. The van der Waals surface area contributed by atoms with Crippen LogP contribution in [-0.4, -0.2) is 22.8 Å². The van der Waals surface area contributed by atoms with Gasteiger partial charge in [0.15, 0.2) is 0 Å². The molecule has 0 aliphatic rings. The van der Waals surface area contributed by atoms with Crippen molar-refractivity contribution in [3.8, 4) is 0 Å². The molecule has 0 aromatic heterocycles. The number of carboxylic acids is 1. The highest BCUT2D eigenvalue weighted by atomic mass is 16.4. The van der Waals surface area contributed by atoms with Gasteiger partial charge in [0, 0.05) is 0 Å². The molecule has 2 rings (SSSR count). The molecule has 0 aliphatic heterocycles. The summed E-state index contributed by atoms with van der Waals surface area (Å²) in [5, 5.41) is 16.4. The van der Waals surface area contributed by atoms with Crippen LogP contribution in [0.25, 0.3) is 0 Å². The molecule has 0 spiro atoms. The van der Waals surface area contributed by atoms with E-state index in [9.17, 15) is 4.79 Å². The summed E-state index contributed by atoms with van der Waals surface area (Å²) < 4.78 is 0. The van der Waals surface area contributed by atoms with Gasteiger partial charge in [-0.25, -0.2) is 0 Å². The molecule has 0 saturated carbocycles.